The number of hydrogen-bond donors (Lipinski definition) is 1. The van der Waals surface area contributed by atoms with E-state index >= 15 is 0 Å². The van der Waals surface area contributed by atoms with E-state index in [2.05, 4.69) is 15.3 Å². The minimum Gasteiger partial charge on any atom is -0.493 e. The fraction of sp³-hybridized carbons (Fsp3) is 0.310. The number of hydrogen-bond acceptors (Lipinski definition) is 7. The van der Waals surface area contributed by atoms with Crippen LogP contribution in [-0.4, -0.2) is 57.3 Å². The Morgan fingerprint density at radius 2 is 1.50 bits per heavy atom. The van der Waals surface area contributed by atoms with Crippen LogP contribution in [0.4, 0.5) is 0 Å². The Bertz CT molecular complexity index is 1310. The third kappa shape index (κ3) is 4.55. The zero-order chi connectivity index (χ0) is 26.1. The van der Waals surface area contributed by atoms with E-state index < -0.39 is 0 Å². The molecule has 2 fully saturated rings. The van der Waals surface area contributed by atoms with Crippen LogP contribution >= 0.6 is 0 Å². The fourth-order valence-electron chi connectivity index (χ4n) is 5.69. The molecule has 3 aromatic rings. The summed E-state index contributed by atoms with van der Waals surface area (Å²) in [6.45, 7) is 0.491. The molecule has 4 unspecified atom stereocenters. The van der Waals surface area contributed by atoms with Crippen LogP contribution < -0.4 is 10.1 Å². The molecular formula is C29H27N5O4. The van der Waals surface area contributed by atoms with E-state index in [0.717, 1.165) is 22.7 Å². The van der Waals surface area contributed by atoms with E-state index in [1.54, 1.807) is 12.4 Å². The van der Waals surface area contributed by atoms with Gasteiger partial charge in [0.25, 0.3) is 0 Å². The average Bonchev–Trinajstić information content (AvgIpc) is 3.64. The number of carbonyl (C=O) groups excluding carboxylic acids is 3. The van der Waals surface area contributed by atoms with Gasteiger partial charge in [-0.2, -0.15) is 0 Å². The molecular weight excluding hydrogens is 482 g/mol. The van der Waals surface area contributed by atoms with Crippen LogP contribution in [0.25, 0.3) is 22.8 Å². The van der Waals surface area contributed by atoms with Crippen molar-refractivity contribution >= 4 is 17.7 Å². The first kappa shape index (κ1) is 24.0. The second-order valence-electron chi connectivity index (χ2n) is 9.82. The number of imide groups is 1. The molecule has 1 aliphatic heterocycles. The Hall–Kier alpha value is -4.40. The number of ether oxygens (including phenoxy) is 1. The van der Waals surface area contributed by atoms with E-state index in [-0.39, 0.29) is 47.9 Å². The Balaban J connectivity index is 1.03. The van der Waals surface area contributed by atoms with E-state index in [1.165, 1.54) is 0 Å². The summed E-state index contributed by atoms with van der Waals surface area (Å²) in [7, 11) is 0. The zero-order valence-corrected chi connectivity index (χ0v) is 20.7. The van der Waals surface area contributed by atoms with Gasteiger partial charge in [0.15, 0.2) is 0 Å². The molecule has 0 radical (unpaired) electrons. The third-order valence-corrected chi connectivity index (χ3v) is 7.43. The molecule has 2 bridgehead atoms. The number of nitrogens with one attached hydrogen (secondary N) is 1. The maximum atomic E-state index is 12.8. The van der Waals surface area contributed by atoms with E-state index in [1.807, 2.05) is 60.7 Å². The van der Waals surface area contributed by atoms with Gasteiger partial charge in [-0.3, -0.25) is 29.3 Å². The molecule has 192 valence electrons. The van der Waals surface area contributed by atoms with Gasteiger partial charge in [0, 0.05) is 31.1 Å². The predicted octanol–water partition coefficient (Wildman–Crippen LogP) is 2.90. The van der Waals surface area contributed by atoms with E-state index in [0.29, 0.717) is 36.7 Å². The van der Waals surface area contributed by atoms with Crippen molar-refractivity contribution in [3.63, 3.8) is 0 Å². The van der Waals surface area contributed by atoms with Crippen LogP contribution in [0.2, 0.25) is 0 Å². The third-order valence-electron chi connectivity index (χ3n) is 7.43. The number of nitrogens with zero attached hydrogens (tertiary/aromatic N) is 4. The first-order valence-corrected chi connectivity index (χ1v) is 12.9. The lowest BCUT2D eigenvalue weighted by Gasteiger charge is -2.17. The van der Waals surface area contributed by atoms with Gasteiger partial charge >= 0.3 is 0 Å². The van der Waals surface area contributed by atoms with Crippen molar-refractivity contribution in [3.8, 4) is 28.5 Å². The van der Waals surface area contributed by atoms with Crippen LogP contribution in [0, 0.1) is 23.7 Å². The number of amides is 3. The second kappa shape index (κ2) is 10.2. The summed E-state index contributed by atoms with van der Waals surface area (Å²) in [5.41, 5.74) is 2.79. The molecule has 4 atom stereocenters. The van der Waals surface area contributed by atoms with Crippen molar-refractivity contribution < 1.29 is 19.1 Å². The van der Waals surface area contributed by atoms with Crippen LogP contribution in [0.3, 0.4) is 0 Å². The lowest BCUT2D eigenvalue weighted by Crippen LogP contribution is -2.42. The molecule has 9 heteroatoms. The van der Waals surface area contributed by atoms with Crippen molar-refractivity contribution in [2.75, 3.05) is 19.7 Å². The number of aromatic nitrogens is 3. The average molecular weight is 510 g/mol. The van der Waals surface area contributed by atoms with Gasteiger partial charge in [-0.1, -0.05) is 24.3 Å². The topological polar surface area (TPSA) is 114 Å². The molecule has 2 aliphatic carbocycles. The first-order valence-electron chi connectivity index (χ1n) is 12.9. The molecule has 1 saturated carbocycles. The highest BCUT2D eigenvalue weighted by Crippen LogP contribution is 2.52. The number of fused-ring (bicyclic) bond motifs is 5. The zero-order valence-electron chi connectivity index (χ0n) is 20.7. The van der Waals surface area contributed by atoms with Gasteiger partial charge in [-0.25, -0.2) is 4.98 Å². The van der Waals surface area contributed by atoms with Gasteiger partial charge in [0.2, 0.25) is 17.7 Å². The highest BCUT2D eigenvalue weighted by Gasteiger charge is 2.59. The number of likely N-dealkylation sites (tertiary alicyclic amines) is 1. The van der Waals surface area contributed by atoms with Crippen LogP contribution in [-0.2, 0) is 14.4 Å². The lowest BCUT2D eigenvalue weighted by molar-refractivity contribution is -0.144. The molecule has 4 heterocycles. The minimum absolute atomic E-state index is 0.135. The fourth-order valence-corrected chi connectivity index (χ4v) is 5.69. The van der Waals surface area contributed by atoms with Gasteiger partial charge < -0.3 is 10.1 Å². The molecule has 3 aliphatic rings. The molecule has 1 saturated heterocycles. The lowest BCUT2D eigenvalue weighted by atomic mass is 9.85. The standard InChI is InChI=1S/C29H27N5O4/c35-25(17-34-28(36)26-18-8-9-19(14-18)27(26)29(34)37)32-12-5-13-38-20-15-23(21-6-1-3-10-30-21)33-24(16-20)22-7-2-4-11-31-22/h1-4,6-11,15-16,18-19,26-27H,5,12-14,17H2,(H,32,35). The SMILES string of the molecule is O=C(CN1C(=O)C2C3C=CC(C3)C2C1=O)NCCCOc1cc(-c2ccccn2)nc(-c2ccccn2)c1. The van der Waals surface area contributed by atoms with Crippen LogP contribution in [0.5, 0.6) is 5.75 Å². The summed E-state index contributed by atoms with van der Waals surface area (Å²) >= 11 is 0. The van der Waals surface area contributed by atoms with Gasteiger partial charge in [-0.05, 0) is 48.9 Å². The molecule has 3 aromatic heterocycles. The molecule has 38 heavy (non-hydrogen) atoms. The van der Waals surface area contributed by atoms with Crippen molar-refractivity contribution in [2.24, 2.45) is 23.7 Å². The largest absolute Gasteiger partial charge is 0.493 e. The molecule has 0 aromatic carbocycles. The van der Waals surface area contributed by atoms with Crippen LogP contribution in [0.1, 0.15) is 12.8 Å². The molecule has 0 spiro atoms. The normalized spacial score (nSPS) is 23.1. The maximum absolute atomic E-state index is 12.8. The van der Waals surface area contributed by atoms with Gasteiger partial charge in [0.05, 0.1) is 41.2 Å². The second-order valence-corrected chi connectivity index (χ2v) is 9.82. The summed E-state index contributed by atoms with van der Waals surface area (Å²) in [5, 5.41) is 2.80. The summed E-state index contributed by atoms with van der Waals surface area (Å²) in [6, 6.07) is 14.9. The van der Waals surface area contributed by atoms with Crippen molar-refractivity contribution in [3.05, 3.63) is 73.1 Å². The van der Waals surface area contributed by atoms with Gasteiger partial charge in [-0.15, -0.1) is 0 Å². The highest BCUT2D eigenvalue weighted by molar-refractivity contribution is 6.08. The molecule has 9 nitrogen and oxygen atoms in total. The van der Waals surface area contributed by atoms with Crippen molar-refractivity contribution in [1.29, 1.82) is 0 Å². The minimum atomic E-state index is -0.342. The summed E-state index contributed by atoms with van der Waals surface area (Å²) in [5.74, 6) is -0.438. The van der Waals surface area contributed by atoms with Crippen molar-refractivity contribution in [2.45, 2.75) is 12.8 Å². The summed E-state index contributed by atoms with van der Waals surface area (Å²) in [6.07, 6.45) is 8.93. The predicted molar refractivity (Wildman–Crippen MR) is 138 cm³/mol. The Kier molecular flexibility index (Phi) is 6.41. The Labute approximate surface area is 220 Å². The summed E-state index contributed by atoms with van der Waals surface area (Å²) in [4.78, 5) is 52.7. The highest BCUT2D eigenvalue weighted by atomic mass is 16.5. The first-order chi connectivity index (χ1) is 18.6. The number of pyridine rings is 3. The van der Waals surface area contributed by atoms with Crippen molar-refractivity contribution in [1.82, 2.24) is 25.2 Å². The number of rotatable bonds is 9. The Morgan fingerprint density at radius 3 is 2.05 bits per heavy atom. The summed E-state index contributed by atoms with van der Waals surface area (Å²) < 4.78 is 5.99. The maximum Gasteiger partial charge on any atom is 0.240 e. The molecule has 6 rings (SSSR count). The van der Waals surface area contributed by atoms with Crippen LogP contribution in [0.15, 0.2) is 73.1 Å². The van der Waals surface area contributed by atoms with E-state index in [4.69, 9.17) is 9.72 Å². The molecule has 1 N–H and O–H groups in total. The quantitative estimate of drug-likeness (QED) is 0.268. The monoisotopic (exact) mass is 509 g/mol. The number of carbonyl (C=O) groups is 3. The molecule has 3 amide bonds. The van der Waals surface area contributed by atoms with Gasteiger partial charge in [0.1, 0.15) is 12.3 Å². The number of allylic oxidation sites excluding steroid dienone is 2. The smallest absolute Gasteiger partial charge is 0.240 e. The Morgan fingerprint density at radius 1 is 0.895 bits per heavy atom. The van der Waals surface area contributed by atoms with E-state index in [9.17, 15) is 14.4 Å².